The Morgan fingerprint density at radius 3 is 2.54 bits per heavy atom. The van der Waals surface area contributed by atoms with Gasteiger partial charge in [0.15, 0.2) is 5.76 Å². The summed E-state index contributed by atoms with van der Waals surface area (Å²) >= 11 is 0. The van der Waals surface area contributed by atoms with E-state index in [0.717, 1.165) is 19.3 Å². The highest BCUT2D eigenvalue weighted by atomic mass is 16.3. The first-order chi connectivity index (χ1) is 13.7. The average Bonchev–Trinajstić information content (AvgIpc) is 3.37. The molecule has 9 heteroatoms. The number of aliphatic hydroxyl groups excluding tert-OH is 1. The number of benzene rings is 1. The molecule has 0 aliphatic rings. The number of hydrogen-bond acceptors (Lipinski definition) is 8. The van der Waals surface area contributed by atoms with Crippen molar-refractivity contribution in [1.82, 2.24) is 24.6 Å². The molecule has 0 aliphatic carbocycles. The zero-order chi connectivity index (χ0) is 19.3. The summed E-state index contributed by atoms with van der Waals surface area (Å²) in [6, 6.07) is 11.9. The molecule has 144 valence electrons. The molecule has 0 atom stereocenters. The molecule has 1 aromatic carbocycles. The summed E-state index contributed by atoms with van der Waals surface area (Å²) in [5, 5.41) is 16.3. The summed E-state index contributed by atoms with van der Waals surface area (Å²) in [5.41, 5.74) is 8.42. The van der Waals surface area contributed by atoms with E-state index >= 15 is 0 Å². The molecule has 0 radical (unpaired) electrons. The van der Waals surface area contributed by atoms with Gasteiger partial charge in [-0.05, 0) is 42.5 Å². The topological polar surface area (TPSA) is 127 Å². The number of nitrogens with zero attached hydrogens (tertiary/aromatic N) is 5. The maximum atomic E-state index is 8.90. The van der Waals surface area contributed by atoms with Crippen molar-refractivity contribution < 1.29 is 9.52 Å². The maximum absolute atomic E-state index is 8.90. The van der Waals surface area contributed by atoms with Gasteiger partial charge in [0.1, 0.15) is 0 Å². The maximum Gasteiger partial charge on any atom is 0.259 e. The number of nitrogen functional groups attached to an aromatic ring is 1. The van der Waals surface area contributed by atoms with Crippen LogP contribution in [0.4, 0.5) is 11.9 Å². The number of nitrogens with two attached hydrogens (primary N) is 1. The molecule has 0 saturated heterocycles. The third-order valence-electron chi connectivity index (χ3n) is 4.32. The van der Waals surface area contributed by atoms with E-state index in [1.165, 1.54) is 15.6 Å². The van der Waals surface area contributed by atoms with E-state index in [2.05, 4.69) is 49.6 Å². The van der Waals surface area contributed by atoms with Gasteiger partial charge in [0, 0.05) is 13.2 Å². The van der Waals surface area contributed by atoms with Crippen LogP contribution in [-0.2, 0) is 12.8 Å². The molecule has 0 fully saturated rings. The van der Waals surface area contributed by atoms with E-state index < -0.39 is 0 Å². The molecule has 0 saturated carbocycles. The summed E-state index contributed by atoms with van der Waals surface area (Å²) in [6.45, 7) is 0.874. The van der Waals surface area contributed by atoms with Crippen LogP contribution in [0.15, 0.2) is 47.1 Å². The molecule has 0 unspecified atom stereocenters. The predicted octanol–water partition coefficient (Wildman–Crippen LogP) is 1.94. The molecule has 9 nitrogen and oxygen atoms in total. The number of aromatic nitrogens is 5. The van der Waals surface area contributed by atoms with Crippen molar-refractivity contribution in [2.75, 3.05) is 24.2 Å². The third kappa shape index (κ3) is 3.94. The Morgan fingerprint density at radius 1 is 1.04 bits per heavy atom. The Morgan fingerprint density at radius 2 is 1.82 bits per heavy atom. The monoisotopic (exact) mass is 379 g/mol. The van der Waals surface area contributed by atoms with Gasteiger partial charge in [-0.15, -0.1) is 5.10 Å². The fraction of sp³-hybridized carbons (Fsp3) is 0.263. The minimum Gasteiger partial charge on any atom is -0.461 e. The van der Waals surface area contributed by atoms with Crippen molar-refractivity contribution in [2.45, 2.75) is 19.3 Å². The first-order valence-electron chi connectivity index (χ1n) is 9.09. The van der Waals surface area contributed by atoms with Gasteiger partial charge in [0.25, 0.3) is 5.78 Å². The van der Waals surface area contributed by atoms with Gasteiger partial charge in [0.2, 0.25) is 17.7 Å². The zero-order valence-corrected chi connectivity index (χ0v) is 15.2. The van der Waals surface area contributed by atoms with Crippen molar-refractivity contribution in [1.29, 1.82) is 0 Å². The Balaban J connectivity index is 1.40. The Bertz CT molecular complexity index is 1040. The first-order valence-corrected chi connectivity index (χ1v) is 9.09. The largest absolute Gasteiger partial charge is 0.461 e. The Hall–Kier alpha value is -3.46. The van der Waals surface area contributed by atoms with Crippen molar-refractivity contribution in [3.05, 3.63) is 53.8 Å². The van der Waals surface area contributed by atoms with Crippen LogP contribution in [0.3, 0.4) is 0 Å². The zero-order valence-electron chi connectivity index (χ0n) is 15.2. The smallest absolute Gasteiger partial charge is 0.259 e. The van der Waals surface area contributed by atoms with Crippen LogP contribution >= 0.6 is 0 Å². The average molecular weight is 379 g/mol. The van der Waals surface area contributed by atoms with E-state index in [4.69, 9.17) is 15.3 Å². The Kier molecular flexibility index (Phi) is 5.16. The van der Waals surface area contributed by atoms with Gasteiger partial charge >= 0.3 is 0 Å². The summed E-state index contributed by atoms with van der Waals surface area (Å²) in [5.74, 6) is 1.91. The number of furan rings is 1. The van der Waals surface area contributed by atoms with Crippen LogP contribution in [0.1, 0.15) is 17.5 Å². The molecule has 0 aliphatic heterocycles. The number of anilines is 2. The second-order valence-corrected chi connectivity index (χ2v) is 6.35. The number of rotatable bonds is 8. The molecule has 28 heavy (non-hydrogen) atoms. The molecular weight excluding hydrogens is 358 g/mol. The summed E-state index contributed by atoms with van der Waals surface area (Å²) in [4.78, 5) is 13.0. The lowest BCUT2D eigenvalue weighted by Crippen LogP contribution is -2.12. The predicted molar refractivity (Wildman–Crippen MR) is 105 cm³/mol. The van der Waals surface area contributed by atoms with Gasteiger partial charge in [-0.1, -0.05) is 24.3 Å². The number of aliphatic hydroxyl groups is 1. The van der Waals surface area contributed by atoms with E-state index in [0.29, 0.717) is 29.9 Å². The summed E-state index contributed by atoms with van der Waals surface area (Å²) < 4.78 is 6.69. The summed E-state index contributed by atoms with van der Waals surface area (Å²) in [6.07, 6.45) is 4.05. The standard InChI is InChI=1S/C19H21N7O2/c20-17-23-18(21-10-9-14-7-5-13(6-8-14)3-1-11-27)24-19-22-16(25-26(17)19)15-4-2-12-28-15/h2,4-8,12,27H,1,3,9-11H2,(H3,20,21,22,23,24,25). The normalized spacial score (nSPS) is 11.2. The van der Waals surface area contributed by atoms with Gasteiger partial charge < -0.3 is 20.6 Å². The molecule has 3 aromatic heterocycles. The van der Waals surface area contributed by atoms with Crippen LogP contribution in [0.5, 0.6) is 0 Å². The fourth-order valence-corrected chi connectivity index (χ4v) is 2.87. The van der Waals surface area contributed by atoms with Crippen LogP contribution in [0.25, 0.3) is 17.4 Å². The fourth-order valence-electron chi connectivity index (χ4n) is 2.87. The van der Waals surface area contributed by atoms with Crippen LogP contribution < -0.4 is 11.1 Å². The second-order valence-electron chi connectivity index (χ2n) is 6.35. The molecule has 4 aromatic rings. The van der Waals surface area contributed by atoms with Crippen LogP contribution in [0.2, 0.25) is 0 Å². The molecule has 0 spiro atoms. The minimum absolute atomic E-state index is 0.200. The molecule has 0 bridgehead atoms. The lowest BCUT2D eigenvalue weighted by molar-refractivity contribution is 0.288. The lowest BCUT2D eigenvalue weighted by Gasteiger charge is -2.07. The number of hydrogen-bond donors (Lipinski definition) is 3. The molecular formula is C19H21N7O2. The van der Waals surface area contributed by atoms with E-state index in [1.54, 1.807) is 18.4 Å². The third-order valence-corrected chi connectivity index (χ3v) is 4.32. The number of fused-ring (bicyclic) bond motifs is 1. The van der Waals surface area contributed by atoms with Gasteiger partial charge in [0.05, 0.1) is 6.26 Å². The number of nitrogens with one attached hydrogen (secondary N) is 1. The van der Waals surface area contributed by atoms with Crippen molar-refractivity contribution in [3.63, 3.8) is 0 Å². The lowest BCUT2D eigenvalue weighted by atomic mass is 10.1. The SMILES string of the molecule is Nc1nc(NCCc2ccc(CCCO)cc2)nc2nc(-c3ccco3)nn12. The van der Waals surface area contributed by atoms with Gasteiger partial charge in [-0.25, -0.2) is 0 Å². The Labute approximate surface area is 161 Å². The minimum atomic E-state index is 0.200. The number of aryl methyl sites for hydroxylation is 1. The van der Waals surface area contributed by atoms with Crippen molar-refractivity contribution >= 4 is 17.7 Å². The van der Waals surface area contributed by atoms with Gasteiger partial charge in [-0.2, -0.15) is 19.5 Å². The van der Waals surface area contributed by atoms with Crippen molar-refractivity contribution in [3.8, 4) is 11.6 Å². The van der Waals surface area contributed by atoms with Crippen molar-refractivity contribution in [2.24, 2.45) is 0 Å². The van der Waals surface area contributed by atoms with Crippen LogP contribution in [0, 0.1) is 0 Å². The highest BCUT2D eigenvalue weighted by Crippen LogP contribution is 2.17. The molecule has 3 heterocycles. The van der Waals surface area contributed by atoms with E-state index in [1.807, 2.05) is 0 Å². The first kappa shape index (κ1) is 17.9. The van der Waals surface area contributed by atoms with E-state index in [-0.39, 0.29) is 12.6 Å². The van der Waals surface area contributed by atoms with Crippen LogP contribution in [-0.4, -0.2) is 42.8 Å². The molecule has 4 rings (SSSR count). The summed E-state index contributed by atoms with van der Waals surface area (Å²) in [7, 11) is 0. The second kappa shape index (κ2) is 8.05. The van der Waals surface area contributed by atoms with Gasteiger partial charge in [-0.3, -0.25) is 0 Å². The quantitative estimate of drug-likeness (QED) is 0.424. The highest BCUT2D eigenvalue weighted by molar-refractivity contribution is 5.52. The highest BCUT2D eigenvalue weighted by Gasteiger charge is 2.13. The molecule has 0 amide bonds. The van der Waals surface area contributed by atoms with E-state index in [9.17, 15) is 0 Å². The molecule has 4 N–H and O–H groups in total.